The molecule has 0 bridgehead atoms. The van der Waals surface area contributed by atoms with Crippen LogP contribution in [0.3, 0.4) is 0 Å². The van der Waals surface area contributed by atoms with Crippen LogP contribution in [0.4, 0.5) is 20.6 Å². The summed E-state index contributed by atoms with van der Waals surface area (Å²) < 4.78 is 18.9. The lowest BCUT2D eigenvalue weighted by Crippen LogP contribution is -2.31. The third-order valence-electron chi connectivity index (χ3n) is 5.54. The maximum atomic E-state index is 13.1. The number of hydrogen-bond acceptors (Lipinski definition) is 5. The summed E-state index contributed by atoms with van der Waals surface area (Å²) in [5.74, 6) is 0.574. The summed E-state index contributed by atoms with van der Waals surface area (Å²) in [6, 6.07) is 21.0. The Hall–Kier alpha value is -4.04. The number of carbonyl (C=O) groups is 1. The minimum absolute atomic E-state index is 0.267. The molecule has 0 atom stereocenters. The normalized spacial score (nSPS) is 13.4. The van der Waals surface area contributed by atoms with Crippen molar-refractivity contribution in [2.24, 2.45) is 0 Å². The highest BCUT2D eigenvalue weighted by Gasteiger charge is 2.21. The van der Waals surface area contributed by atoms with Crippen molar-refractivity contribution in [2.45, 2.75) is 19.5 Å². The van der Waals surface area contributed by atoms with Crippen LogP contribution in [0, 0.1) is 5.82 Å². The van der Waals surface area contributed by atoms with E-state index in [0.29, 0.717) is 30.4 Å². The SMILES string of the molecule is O=C(Nc1ccccc1)Nc1cccc2c1CCN(Cc1nnc(-c3ccc(F)cc3)o1)C2. The van der Waals surface area contributed by atoms with Gasteiger partial charge in [0.1, 0.15) is 5.82 Å². The molecule has 2 amide bonds. The van der Waals surface area contributed by atoms with Gasteiger partial charge in [-0.15, -0.1) is 10.2 Å². The van der Waals surface area contributed by atoms with Crippen LogP contribution in [0.5, 0.6) is 0 Å². The standard InChI is InChI=1S/C25H22FN5O2/c26-19-11-9-17(10-12-19)24-30-29-23(33-24)16-31-14-13-21-18(15-31)5-4-8-22(21)28-25(32)27-20-6-2-1-3-7-20/h1-12H,13-16H2,(H2,27,28,32). The van der Waals surface area contributed by atoms with Crippen LogP contribution in [0.1, 0.15) is 17.0 Å². The average Bonchev–Trinajstić information content (AvgIpc) is 3.28. The second-order valence-electron chi connectivity index (χ2n) is 7.86. The van der Waals surface area contributed by atoms with Crippen LogP contribution in [0.2, 0.25) is 0 Å². The minimum atomic E-state index is -0.308. The number of urea groups is 1. The second kappa shape index (κ2) is 9.22. The van der Waals surface area contributed by atoms with E-state index in [9.17, 15) is 9.18 Å². The molecule has 0 aliphatic carbocycles. The molecule has 0 fully saturated rings. The van der Waals surface area contributed by atoms with Gasteiger partial charge in [-0.25, -0.2) is 9.18 Å². The van der Waals surface area contributed by atoms with E-state index in [2.05, 4.69) is 31.8 Å². The molecular formula is C25H22FN5O2. The Labute approximate surface area is 190 Å². The molecule has 4 aromatic rings. The quantitative estimate of drug-likeness (QED) is 0.450. The van der Waals surface area contributed by atoms with Crippen LogP contribution in [-0.2, 0) is 19.5 Å². The highest BCUT2D eigenvalue weighted by Crippen LogP contribution is 2.28. The molecule has 8 heteroatoms. The highest BCUT2D eigenvalue weighted by atomic mass is 19.1. The second-order valence-corrected chi connectivity index (χ2v) is 7.86. The molecule has 2 heterocycles. The van der Waals surface area contributed by atoms with Crippen molar-refractivity contribution in [2.75, 3.05) is 17.2 Å². The van der Waals surface area contributed by atoms with E-state index in [1.807, 2.05) is 42.5 Å². The molecule has 33 heavy (non-hydrogen) atoms. The van der Waals surface area contributed by atoms with Crippen LogP contribution in [0.25, 0.3) is 11.5 Å². The Balaban J connectivity index is 1.23. The van der Waals surface area contributed by atoms with Gasteiger partial charge in [0, 0.05) is 30.0 Å². The van der Waals surface area contributed by atoms with Crippen LogP contribution < -0.4 is 10.6 Å². The molecule has 3 aromatic carbocycles. The van der Waals surface area contributed by atoms with Crippen molar-refractivity contribution in [3.63, 3.8) is 0 Å². The number of nitrogens with one attached hydrogen (secondary N) is 2. The number of rotatable bonds is 5. The zero-order valence-corrected chi connectivity index (χ0v) is 17.8. The lowest BCUT2D eigenvalue weighted by atomic mass is 9.97. The van der Waals surface area contributed by atoms with Gasteiger partial charge in [0.25, 0.3) is 0 Å². The number of hydrogen-bond donors (Lipinski definition) is 2. The molecule has 166 valence electrons. The van der Waals surface area contributed by atoms with E-state index >= 15 is 0 Å². The number of para-hydroxylation sites is 1. The number of carbonyl (C=O) groups excluding carboxylic acids is 1. The predicted molar refractivity (Wildman–Crippen MR) is 123 cm³/mol. The molecule has 1 aromatic heterocycles. The Kier molecular flexibility index (Phi) is 5.82. The maximum Gasteiger partial charge on any atom is 0.323 e. The summed E-state index contributed by atoms with van der Waals surface area (Å²) in [7, 11) is 0. The molecule has 0 saturated carbocycles. The number of amides is 2. The van der Waals surface area contributed by atoms with Gasteiger partial charge in [-0.05, 0) is 60.0 Å². The fourth-order valence-corrected chi connectivity index (χ4v) is 3.94. The summed E-state index contributed by atoms with van der Waals surface area (Å²) in [5, 5.41) is 14.1. The zero-order valence-electron chi connectivity index (χ0n) is 17.8. The van der Waals surface area contributed by atoms with E-state index in [-0.39, 0.29) is 11.8 Å². The molecule has 7 nitrogen and oxygen atoms in total. The van der Waals surface area contributed by atoms with Gasteiger partial charge in [0.2, 0.25) is 11.8 Å². The van der Waals surface area contributed by atoms with Crippen LogP contribution in [-0.4, -0.2) is 27.7 Å². The summed E-state index contributed by atoms with van der Waals surface area (Å²) in [4.78, 5) is 14.7. The Bertz CT molecular complexity index is 1260. The minimum Gasteiger partial charge on any atom is -0.419 e. The molecule has 1 aliphatic heterocycles. The predicted octanol–water partition coefficient (Wildman–Crippen LogP) is 5.08. The van der Waals surface area contributed by atoms with Crippen molar-refractivity contribution in [3.8, 4) is 11.5 Å². The lowest BCUT2D eigenvalue weighted by molar-refractivity contribution is 0.222. The molecule has 0 radical (unpaired) electrons. The van der Waals surface area contributed by atoms with Crippen molar-refractivity contribution >= 4 is 17.4 Å². The number of anilines is 2. The molecule has 1 aliphatic rings. The molecule has 0 unspecified atom stereocenters. The summed E-state index contributed by atoms with van der Waals surface area (Å²) in [6.45, 7) is 2.01. The summed E-state index contributed by atoms with van der Waals surface area (Å²) in [5.41, 5.74) is 4.53. The van der Waals surface area contributed by atoms with Gasteiger partial charge in [0.15, 0.2) is 0 Å². The first-order valence-corrected chi connectivity index (χ1v) is 10.7. The van der Waals surface area contributed by atoms with E-state index in [1.54, 1.807) is 12.1 Å². The largest absolute Gasteiger partial charge is 0.419 e. The maximum absolute atomic E-state index is 13.1. The Morgan fingerprint density at radius 3 is 2.61 bits per heavy atom. The van der Waals surface area contributed by atoms with Crippen molar-refractivity contribution in [1.82, 2.24) is 15.1 Å². The smallest absolute Gasteiger partial charge is 0.323 e. The third-order valence-corrected chi connectivity index (χ3v) is 5.54. The number of benzene rings is 3. The number of fused-ring (bicyclic) bond motifs is 1. The summed E-state index contributed by atoms with van der Waals surface area (Å²) in [6.07, 6.45) is 0.788. The van der Waals surface area contributed by atoms with E-state index in [4.69, 9.17) is 4.42 Å². The topological polar surface area (TPSA) is 83.3 Å². The number of aromatic nitrogens is 2. The molecule has 0 saturated heterocycles. The fraction of sp³-hybridized carbons (Fsp3) is 0.160. The first kappa shape index (κ1) is 20.8. The van der Waals surface area contributed by atoms with E-state index in [0.717, 1.165) is 35.5 Å². The first-order valence-electron chi connectivity index (χ1n) is 10.7. The average molecular weight is 443 g/mol. The van der Waals surface area contributed by atoms with Gasteiger partial charge in [0.05, 0.1) is 6.54 Å². The van der Waals surface area contributed by atoms with Gasteiger partial charge in [-0.1, -0.05) is 30.3 Å². The van der Waals surface area contributed by atoms with Gasteiger partial charge >= 0.3 is 6.03 Å². The van der Waals surface area contributed by atoms with Crippen LogP contribution in [0.15, 0.2) is 77.2 Å². The monoisotopic (exact) mass is 443 g/mol. The Morgan fingerprint density at radius 1 is 0.970 bits per heavy atom. The van der Waals surface area contributed by atoms with Crippen molar-refractivity contribution < 1.29 is 13.6 Å². The number of halogens is 1. The first-order chi connectivity index (χ1) is 16.1. The van der Waals surface area contributed by atoms with Gasteiger partial charge < -0.3 is 15.1 Å². The van der Waals surface area contributed by atoms with E-state index < -0.39 is 0 Å². The highest BCUT2D eigenvalue weighted by molar-refractivity contribution is 6.00. The lowest BCUT2D eigenvalue weighted by Gasteiger charge is -2.29. The Morgan fingerprint density at radius 2 is 1.79 bits per heavy atom. The van der Waals surface area contributed by atoms with E-state index in [1.165, 1.54) is 12.1 Å². The number of nitrogens with zero attached hydrogens (tertiary/aromatic N) is 3. The molecule has 2 N–H and O–H groups in total. The molecule has 5 rings (SSSR count). The van der Waals surface area contributed by atoms with Gasteiger partial charge in [-0.3, -0.25) is 4.90 Å². The zero-order chi connectivity index (χ0) is 22.6. The van der Waals surface area contributed by atoms with Crippen molar-refractivity contribution in [1.29, 1.82) is 0 Å². The van der Waals surface area contributed by atoms with Gasteiger partial charge in [-0.2, -0.15) is 0 Å². The molecular weight excluding hydrogens is 421 g/mol. The molecule has 0 spiro atoms. The van der Waals surface area contributed by atoms with Crippen molar-refractivity contribution in [3.05, 3.63) is 95.6 Å². The third kappa shape index (κ3) is 4.91. The van der Waals surface area contributed by atoms with Crippen LogP contribution >= 0.6 is 0 Å². The fourth-order valence-electron chi connectivity index (χ4n) is 3.94. The summed E-state index contributed by atoms with van der Waals surface area (Å²) >= 11 is 0.